The van der Waals surface area contributed by atoms with Crippen LogP contribution in [0.15, 0.2) is 23.7 Å². The number of nitrogens with zero attached hydrogens (tertiary/aromatic N) is 1. The molecule has 0 bridgehead atoms. The van der Waals surface area contributed by atoms with E-state index in [0.717, 1.165) is 40.3 Å². The van der Waals surface area contributed by atoms with E-state index < -0.39 is 0 Å². The molecule has 0 aliphatic heterocycles. The minimum absolute atomic E-state index is 0.481. The van der Waals surface area contributed by atoms with Crippen LogP contribution in [-0.4, -0.2) is 18.0 Å². The zero-order valence-corrected chi connectivity index (χ0v) is 13.9. The number of unbranched alkanes of at least 4 members (excludes halogenated alkanes) is 2. The average Bonchev–Trinajstić information content (AvgIpc) is 2.96. The van der Waals surface area contributed by atoms with E-state index >= 15 is 0 Å². The number of rotatable bonds is 9. The summed E-state index contributed by atoms with van der Waals surface area (Å²) in [7, 11) is 0. The molecule has 0 fully saturated rings. The molecule has 22 heavy (non-hydrogen) atoms. The summed E-state index contributed by atoms with van der Waals surface area (Å²) < 4.78 is 5.94. The fourth-order valence-electron chi connectivity index (χ4n) is 2.24. The Kier molecular flexibility index (Phi) is 6.40. The predicted octanol–water partition coefficient (Wildman–Crippen LogP) is 3.93. The molecular formula is C17H22N2O2S. The molecule has 1 aromatic carbocycles. The van der Waals surface area contributed by atoms with Crippen molar-refractivity contribution in [2.45, 2.75) is 39.7 Å². The maximum absolute atomic E-state index is 10.5. The molecule has 118 valence electrons. The first-order chi connectivity index (χ1) is 10.8. The van der Waals surface area contributed by atoms with Crippen molar-refractivity contribution in [3.63, 3.8) is 0 Å². The van der Waals surface area contributed by atoms with Crippen molar-refractivity contribution in [2.24, 2.45) is 0 Å². The summed E-state index contributed by atoms with van der Waals surface area (Å²) in [6.07, 6.45) is 4.08. The van der Waals surface area contributed by atoms with Gasteiger partial charge in [0.05, 0.1) is 22.7 Å². The van der Waals surface area contributed by atoms with Gasteiger partial charge >= 0.3 is 0 Å². The van der Waals surface area contributed by atoms with E-state index in [9.17, 15) is 4.79 Å². The Morgan fingerprint density at radius 2 is 2.23 bits per heavy atom. The van der Waals surface area contributed by atoms with Crippen molar-refractivity contribution in [1.29, 1.82) is 0 Å². The Bertz CT molecular complexity index is 610. The molecule has 0 radical (unpaired) electrons. The summed E-state index contributed by atoms with van der Waals surface area (Å²) in [5.41, 5.74) is 4.99. The molecule has 5 heteroatoms. The van der Waals surface area contributed by atoms with Gasteiger partial charge < -0.3 is 10.1 Å². The van der Waals surface area contributed by atoms with Crippen molar-refractivity contribution in [3.05, 3.63) is 35.0 Å². The molecule has 4 nitrogen and oxygen atoms in total. The minimum Gasteiger partial charge on any atom is -0.493 e. The Labute approximate surface area is 135 Å². The van der Waals surface area contributed by atoms with Crippen LogP contribution < -0.4 is 10.1 Å². The van der Waals surface area contributed by atoms with Gasteiger partial charge in [-0.1, -0.05) is 31.9 Å². The molecule has 1 aromatic heterocycles. The second-order valence-electron chi connectivity index (χ2n) is 5.14. The largest absolute Gasteiger partial charge is 0.493 e. The van der Waals surface area contributed by atoms with Crippen LogP contribution in [0.4, 0.5) is 0 Å². The first-order valence-electron chi connectivity index (χ1n) is 7.59. The molecule has 2 aromatic rings. The molecule has 0 spiro atoms. The third-order valence-electron chi connectivity index (χ3n) is 3.46. The van der Waals surface area contributed by atoms with Crippen LogP contribution in [-0.2, 0) is 11.3 Å². The Morgan fingerprint density at radius 1 is 1.36 bits per heavy atom. The number of carbonyl (C=O) groups is 1. The zero-order chi connectivity index (χ0) is 15.8. The summed E-state index contributed by atoms with van der Waals surface area (Å²) in [5, 5.41) is 2.70. The summed E-state index contributed by atoms with van der Waals surface area (Å²) >= 11 is 1.63. The number of carbonyl (C=O) groups excluding carboxylic acids is 1. The van der Waals surface area contributed by atoms with Gasteiger partial charge in [0.2, 0.25) is 6.41 Å². The van der Waals surface area contributed by atoms with Crippen LogP contribution in [0.1, 0.15) is 37.4 Å². The summed E-state index contributed by atoms with van der Waals surface area (Å²) in [4.78, 5) is 16.0. The number of hydrogen-bond donors (Lipinski definition) is 1. The van der Waals surface area contributed by atoms with Crippen molar-refractivity contribution >= 4 is 17.7 Å². The van der Waals surface area contributed by atoms with Crippen molar-refractivity contribution in [1.82, 2.24) is 10.3 Å². The number of ether oxygens (including phenoxy) is 1. The first kappa shape index (κ1) is 16.5. The smallest absolute Gasteiger partial charge is 0.207 e. The van der Waals surface area contributed by atoms with Crippen molar-refractivity contribution in [3.8, 4) is 16.2 Å². The Hall–Kier alpha value is -1.88. The lowest BCUT2D eigenvalue weighted by molar-refractivity contribution is -0.109. The number of amides is 1. The highest BCUT2D eigenvalue weighted by Crippen LogP contribution is 2.32. The predicted molar refractivity (Wildman–Crippen MR) is 90.2 cm³/mol. The van der Waals surface area contributed by atoms with E-state index in [4.69, 9.17) is 4.74 Å². The summed E-state index contributed by atoms with van der Waals surface area (Å²) in [5.74, 6) is 0.843. The average molecular weight is 318 g/mol. The molecule has 0 aliphatic carbocycles. The molecule has 1 amide bonds. The maximum Gasteiger partial charge on any atom is 0.207 e. The Morgan fingerprint density at radius 3 is 2.91 bits per heavy atom. The van der Waals surface area contributed by atoms with Gasteiger partial charge in [0.15, 0.2) is 0 Å². The number of thiazole rings is 1. The monoisotopic (exact) mass is 318 g/mol. The molecular weight excluding hydrogens is 296 g/mol. The lowest BCUT2D eigenvalue weighted by Crippen LogP contribution is -2.11. The van der Waals surface area contributed by atoms with E-state index in [1.807, 2.05) is 24.6 Å². The first-order valence-corrected chi connectivity index (χ1v) is 8.47. The standard InChI is InChI=1S/C17H22N2O2S/c1-3-4-5-8-21-16-9-14(17-13(2)19-12-22-17)6-7-15(16)10-18-11-20/h6-7,9,11-12H,3-5,8,10H2,1-2H3,(H,18,20). The van der Waals surface area contributed by atoms with Gasteiger partial charge in [-0.2, -0.15) is 0 Å². The molecule has 2 rings (SSSR count). The number of aryl methyl sites for hydroxylation is 1. The van der Waals surface area contributed by atoms with Gasteiger partial charge in [0.25, 0.3) is 0 Å². The molecule has 1 N–H and O–H groups in total. The van der Waals surface area contributed by atoms with Gasteiger partial charge in [0, 0.05) is 12.1 Å². The second-order valence-corrected chi connectivity index (χ2v) is 6.00. The van der Waals surface area contributed by atoms with Gasteiger partial charge in [-0.3, -0.25) is 4.79 Å². The van der Waals surface area contributed by atoms with E-state index in [-0.39, 0.29) is 0 Å². The van der Waals surface area contributed by atoms with Crippen LogP contribution in [0.3, 0.4) is 0 Å². The van der Waals surface area contributed by atoms with Crippen LogP contribution >= 0.6 is 11.3 Å². The minimum atomic E-state index is 0.481. The molecule has 1 heterocycles. The molecule has 0 saturated carbocycles. The van der Waals surface area contributed by atoms with Gasteiger partial charge in [0.1, 0.15) is 5.75 Å². The Balaban J connectivity index is 2.20. The normalized spacial score (nSPS) is 10.5. The highest BCUT2D eigenvalue weighted by Gasteiger charge is 2.10. The second kappa shape index (κ2) is 8.54. The maximum atomic E-state index is 10.5. The quantitative estimate of drug-likeness (QED) is 0.563. The third-order valence-corrected chi connectivity index (χ3v) is 4.43. The lowest BCUT2D eigenvalue weighted by Gasteiger charge is -2.13. The fraction of sp³-hybridized carbons (Fsp3) is 0.412. The van der Waals surface area contributed by atoms with Crippen molar-refractivity contribution in [2.75, 3.05) is 6.61 Å². The molecule has 0 saturated heterocycles. The molecule has 0 atom stereocenters. The highest BCUT2D eigenvalue weighted by atomic mass is 32.1. The van der Waals surface area contributed by atoms with Crippen LogP contribution in [0.25, 0.3) is 10.4 Å². The number of aromatic nitrogens is 1. The summed E-state index contributed by atoms with van der Waals surface area (Å²) in [6.45, 7) is 5.36. The van der Waals surface area contributed by atoms with E-state index in [1.54, 1.807) is 11.3 Å². The number of benzene rings is 1. The van der Waals surface area contributed by atoms with Crippen molar-refractivity contribution < 1.29 is 9.53 Å². The van der Waals surface area contributed by atoms with Gasteiger partial charge in [-0.05, 0) is 25.0 Å². The van der Waals surface area contributed by atoms with Gasteiger partial charge in [-0.25, -0.2) is 4.98 Å². The molecule has 0 aliphatic rings. The van der Waals surface area contributed by atoms with Crippen LogP contribution in [0, 0.1) is 6.92 Å². The molecule has 0 unspecified atom stereocenters. The van der Waals surface area contributed by atoms with E-state index in [0.29, 0.717) is 19.6 Å². The van der Waals surface area contributed by atoms with Gasteiger partial charge in [-0.15, -0.1) is 11.3 Å². The summed E-state index contributed by atoms with van der Waals surface area (Å²) in [6, 6.07) is 6.12. The van der Waals surface area contributed by atoms with E-state index in [2.05, 4.69) is 23.3 Å². The fourth-order valence-corrected chi connectivity index (χ4v) is 3.04. The zero-order valence-electron chi connectivity index (χ0n) is 13.1. The lowest BCUT2D eigenvalue weighted by atomic mass is 10.1. The number of hydrogen-bond acceptors (Lipinski definition) is 4. The number of nitrogens with one attached hydrogen (secondary N) is 1. The topological polar surface area (TPSA) is 51.2 Å². The van der Waals surface area contributed by atoms with Crippen LogP contribution in [0.2, 0.25) is 0 Å². The van der Waals surface area contributed by atoms with E-state index in [1.165, 1.54) is 6.42 Å². The third kappa shape index (κ3) is 4.31. The highest BCUT2D eigenvalue weighted by molar-refractivity contribution is 7.13. The van der Waals surface area contributed by atoms with Crippen LogP contribution in [0.5, 0.6) is 5.75 Å². The SMILES string of the molecule is CCCCCOc1cc(-c2scnc2C)ccc1CNC=O.